The van der Waals surface area contributed by atoms with Gasteiger partial charge in [0.1, 0.15) is 28.9 Å². The predicted octanol–water partition coefficient (Wildman–Crippen LogP) is 5.11. The molecule has 0 aromatic carbocycles. The van der Waals surface area contributed by atoms with Gasteiger partial charge >= 0.3 is 6.18 Å². The number of anilines is 1. The van der Waals surface area contributed by atoms with Gasteiger partial charge in [-0.05, 0) is 34.4 Å². The average Bonchev–Trinajstić information content (AvgIpc) is 3.58. The highest BCUT2D eigenvalue weighted by Crippen LogP contribution is 2.33. The Kier molecular flexibility index (Phi) is 7.58. The van der Waals surface area contributed by atoms with Crippen molar-refractivity contribution in [3.05, 3.63) is 41.2 Å². The van der Waals surface area contributed by atoms with E-state index in [0.29, 0.717) is 40.9 Å². The smallest absolute Gasteiger partial charge is 0.331 e. The summed E-state index contributed by atoms with van der Waals surface area (Å²) in [6.07, 6.45) is -0.442. The van der Waals surface area contributed by atoms with Crippen LogP contribution in [0, 0.1) is 0 Å². The third-order valence-electron chi connectivity index (χ3n) is 6.01. The van der Waals surface area contributed by atoms with Crippen LogP contribution in [-0.4, -0.2) is 54.1 Å². The molecule has 1 aliphatic rings. The van der Waals surface area contributed by atoms with Gasteiger partial charge in [-0.3, -0.25) is 14.4 Å². The molecule has 14 heteroatoms. The van der Waals surface area contributed by atoms with Gasteiger partial charge in [0.2, 0.25) is 5.91 Å². The molecule has 0 unspecified atom stereocenters. The summed E-state index contributed by atoms with van der Waals surface area (Å²) in [6.45, 7) is 11.5. The van der Waals surface area contributed by atoms with Crippen molar-refractivity contribution < 1.29 is 18.0 Å². The van der Waals surface area contributed by atoms with Crippen molar-refractivity contribution in [2.24, 2.45) is 9.98 Å². The monoisotopic (exact) mass is 549 g/mol. The lowest BCUT2D eigenvalue weighted by Crippen LogP contribution is -2.40. The van der Waals surface area contributed by atoms with Gasteiger partial charge in [-0.25, -0.2) is 19.7 Å². The van der Waals surface area contributed by atoms with E-state index in [1.54, 1.807) is 35.5 Å². The fourth-order valence-corrected chi connectivity index (χ4v) is 4.35. The first-order valence-electron chi connectivity index (χ1n) is 11.9. The fourth-order valence-electron chi connectivity index (χ4n) is 4.12. The molecule has 4 rings (SSSR count). The van der Waals surface area contributed by atoms with Crippen LogP contribution in [0.2, 0.25) is 5.02 Å². The number of aromatic nitrogens is 6. The van der Waals surface area contributed by atoms with Gasteiger partial charge in [0.25, 0.3) is 0 Å². The minimum absolute atomic E-state index is 0.00948. The maximum Gasteiger partial charge on any atom is 0.434 e. The molecule has 3 aromatic heterocycles. The molecule has 38 heavy (non-hydrogen) atoms. The van der Waals surface area contributed by atoms with E-state index in [0.717, 1.165) is 6.20 Å². The van der Waals surface area contributed by atoms with E-state index in [1.807, 2.05) is 13.8 Å². The number of halogens is 4. The molecule has 202 valence electrons. The number of nitrogens with zero attached hydrogens (tertiary/aromatic N) is 9. The van der Waals surface area contributed by atoms with E-state index in [-0.39, 0.29) is 36.6 Å². The van der Waals surface area contributed by atoms with Crippen molar-refractivity contribution in [1.82, 2.24) is 29.1 Å². The van der Waals surface area contributed by atoms with E-state index in [2.05, 4.69) is 31.9 Å². The van der Waals surface area contributed by atoms with Gasteiger partial charge in [-0.1, -0.05) is 11.6 Å². The van der Waals surface area contributed by atoms with Gasteiger partial charge < -0.3 is 4.57 Å². The number of carbonyl (C=O) groups is 1. The molecule has 0 fully saturated rings. The summed E-state index contributed by atoms with van der Waals surface area (Å²) >= 11 is 6.40. The van der Waals surface area contributed by atoms with Crippen molar-refractivity contribution in [3.8, 4) is 11.4 Å². The lowest BCUT2D eigenvalue weighted by molar-refractivity contribution is -0.141. The van der Waals surface area contributed by atoms with Crippen LogP contribution < -0.4 is 4.90 Å². The van der Waals surface area contributed by atoms with E-state index >= 15 is 0 Å². The molecular weight excluding hydrogens is 523 g/mol. The lowest BCUT2D eigenvalue weighted by atomic mass is 10.2. The van der Waals surface area contributed by atoms with Crippen molar-refractivity contribution in [3.63, 3.8) is 0 Å². The van der Waals surface area contributed by atoms with E-state index in [4.69, 9.17) is 11.6 Å². The largest absolute Gasteiger partial charge is 0.434 e. The first-order chi connectivity index (χ1) is 17.9. The van der Waals surface area contributed by atoms with E-state index in [9.17, 15) is 18.0 Å². The van der Waals surface area contributed by atoms with E-state index in [1.165, 1.54) is 15.7 Å². The topological polar surface area (TPSA) is 98.5 Å². The Morgan fingerprint density at radius 2 is 2.08 bits per heavy atom. The maximum absolute atomic E-state index is 13.1. The van der Waals surface area contributed by atoms with Crippen LogP contribution in [0.25, 0.3) is 17.0 Å². The zero-order valence-electron chi connectivity index (χ0n) is 21.4. The van der Waals surface area contributed by atoms with Crippen molar-refractivity contribution in [2.45, 2.75) is 59.4 Å². The average molecular weight is 550 g/mol. The first kappa shape index (κ1) is 27.3. The zero-order valence-corrected chi connectivity index (χ0v) is 22.1. The Labute approximate surface area is 222 Å². The van der Waals surface area contributed by atoms with Crippen LogP contribution in [0.1, 0.15) is 51.7 Å². The number of carbonyl (C=O) groups excluding carboxylic acids is 1. The summed E-state index contributed by atoms with van der Waals surface area (Å²) in [7, 11) is 0. The third kappa shape index (κ3) is 5.28. The number of hydrogen-bond donors (Lipinski definition) is 0. The highest BCUT2D eigenvalue weighted by molar-refractivity contribution is 6.33. The summed E-state index contributed by atoms with van der Waals surface area (Å²) in [4.78, 5) is 26.3. The number of amidine groups is 1. The number of alkyl halides is 3. The van der Waals surface area contributed by atoms with Gasteiger partial charge in [0, 0.05) is 43.0 Å². The number of fused-ring (bicyclic) bond motifs is 1. The van der Waals surface area contributed by atoms with Crippen LogP contribution in [0.3, 0.4) is 0 Å². The third-order valence-corrected chi connectivity index (χ3v) is 6.28. The Bertz CT molecular complexity index is 1430. The molecule has 1 amide bonds. The molecule has 0 N–H and O–H groups in total. The minimum Gasteiger partial charge on any atom is -0.331 e. The molecule has 0 saturated carbocycles. The number of rotatable bonds is 7. The zero-order chi connectivity index (χ0) is 27.8. The van der Waals surface area contributed by atoms with Crippen LogP contribution >= 0.6 is 11.6 Å². The van der Waals surface area contributed by atoms with Crippen LogP contribution in [0.15, 0.2) is 34.6 Å². The normalized spacial score (nSPS) is 15.0. The molecule has 0 atom stereocenters. The minimum atomic E-state index is -4.56. The second-order valence-electron chi connectivity index (χ2n) is 8.97. The summed E-state index contributed by atoms with van der Waals surface area (Å²) in [5.74, 6) is 0.727. The molecule has 0 radical (unpaired) electrons. The maximum atomic E-state index is 13.1. The molecule has 0 bridgehead atoms. The van der Waals surface area contributed by atoms with Crippen LogP contribution in [0.5, 0.6) is 0 Å². The van der Waals surface area contributed by atoms with Gasteiger partial charge in [0.15, 0.2) is 5.69 Å². The number of imidazole rings is 1. The SMILES string of the molecule is C=N/C(CN1C(=O)CCn2nc(-c3c(Cl)cnn3C(C)C)cc21)=N\C=C(/C)c1nc(C(F)(F)F)cn1CC. The standard InChI is InChI=1S/C24H27ClF3N9O/c1-6-34-12-18(24(26,27)28)32-23(34)15(4)10-30-19(29-5)13-35-20-9-17(33-36(20)8-7-21(35)38)22-16(25)11-31-37(22)14(2)3/h9-12,14H,5-8,13H2,1-4H3/b15-10+,30-19-. The van der Waals surface area contributed by atoms with E-state index < -0.39 is 11.9 Å². The second kappa shape index (κ2) is 10.6. The Balaban J connectivity index is 1.64. The molecular formula is C24H27ClF3N9O. The number of amides is 1. The first-order valence-corrected chi connectivity index (χ1v) is 12.3. The summed E-state index contributed by atoms with van der Waals surface area (Å²) in [5, 5.41) is 9.42. The predicted molar refractivity (Wildman–Crippen MR) is 139 cm³/mol. The van der Waals surface area contributed by atoms with Gasteiger partial charge in [-0.15, -0.1) is 0 Å². The number of hydrogen-bond acceptors (Lipinski definition) is 5. The number of aliphatic imine (C=N–C) groups is 2. The van der Waals surface area contributed by atoms with Crippen LogP contribution in [0.4, 0.5) is 19.0 Å². The van der Waals surface area contributed by atoms with Crippen molar-refractivity contribution >= 4 is 41.5 Å². The number of aryl methyl sites for hydroxylation is 2. The van der Waals surface area contributed by atoms with Crippen molar-refractivity contribution in [1.29, 1.82) is 0 Å². The molecule has 0 saturated heterocycles. The summed E-state index contributed by atoms with van der Waals surface area (Å²) in [6, 6.07) is 1.81. The molecule has 10 nitrogen and oxygen atoms in total. The molecule has 4 heterocycles. The molecule has 0 aliphatic carbocycles. The molecule has 1 aliphatic heterocycles. The van der Waals surface area contributed by atoms with Crippen LogP contribution in [-0.2, 0) is 24.1 Å². The quantitative estimate of drug-likeness (QED) is 0.302. The second-order valence-corrected chi connectivity index (χ2v) is 9.38. The lowest BCUT2D eigenvalue weighted by Gasteiger charge is -2.27. The highest BCUT2D eigenvalue weighted by atomic mass is 35.5. The Morgan fingerprint density at radius 3 is 2.71 bits per heavy atom. The Morgan fingerprint density at radius 1 is 1.34 bits per heavy atom. The molecule has 0 spiro atoms. The molecule has 3 aromatic rings. The summed E-state index contributed by atoms with van der Waals surface area (Å²) in [5.41, 5.74) is 0.644. The van der Waals surface area contributed by atoms with Crippen molar-refractivity contribution in [2.75, 3.05) is 11.4 Å². The Hall–Kier alpha value is -3.74. The number of allylic oxidation sites excluding steroid dienone is 1. The fraction of sp³-hybridized carbons (Fsp3) is 0.417. The van der Waals surface area contributed by atoms with Gasteiger partial charge in [-0.2, -0.15) is 23.4 Å². The summed E-state index contributed by atoms with van der Waals surface area (Å²) < 4.78 is 44.3. The highest BCUT2D eigenvalue weighted by Gasteiger charge is 2.35. The van der Waals surface area contributed by atoms with Gasteiger partial charge in [0.05, 0.1) is 24.3 Å².